The Kier molecular flexibility index (Phi) is 20.2. The van der Waals surface area contributed by atoms with Gasteiger partial charge in [0.2, 0.25) is 6.33 Å². The van der Waals surface area contributed by atoms with E-state index in [1.807, 2.05) is 17.1 Å². The summed E-state index contributed by atoms with van der Waals surface area (Å²) in [5.41, 5.74) is 0. The number of carbonyl (C=O) groups is 1. The molecule has 0 spiro atoms. The molecule has 0 bridgehead atoms. The number of hydrogen-bond acceptors (Lipinski definition) is 1. The molecule has 0 radical (unpaired) electrons. The molecule has 0 aliphatic carbocycles. The highest BCUT2D eigenvalue weighted by atomic mass is 79.9. The Morgan fingerprint density at radius 2 is 1.14 bits per heavy atom. The predicted octanol–water partition coefficient (Wildman–Crippen LogP) is 7.59. The molecule has 0 aliphatic heterocycles. The minimum Gasteiger partial charge on any atom is -0.296 e. The van der Waals surface area contributed by atoms with Crippen LogP contribution in [0.1, 0.15) is 123 Å². The summed E-state index contributed by atoms with van der Waals surface area (Å²) in [7, 11) is 0. The molecule has 0 saturated carbocycles. The number of nitrogens with zero attached hydrogens (tertiary/aromatic N) is 2. The summed E-state index contributed by atoms with van der Waals surface area (Å²) in [4.78, 5) is 11.1. The molecule has 1 rings (SSSR count). The molecule has 0 fully saturated rings. The summed E-state index contributed by atoms with van der Waals surface area (Å²) in [6.07, 6.45) is 30.2. The highest BCUT2D eigenvalue weighted by molar-refractivity contribution is 8.93. The van der Waals surface area contributed by atoms with Crippen LogP contribution < -0.4 is 4.57 Å². The van der Waals surface area contributed by atoms with E-state index in [1.165, 1.54) is 109 Å². The Hall–Kier alpha value is -0.640. The van der Waals surface area contributed by atoms with Gasteiger partial charge in [-0.2, -0.15) is 0 Å². The van der Waals surface area contributed by atoms with Crippen LogP contribution in [0.4, 0.5) is 0 Å². The Labute approximate surface area is 191 Å². The van der Waals surface area contributed by atoms with Crippen molar-refractivity contribution in [2.45, 2.75) is 136 Å². The van der Waals surface area contributed by atoms with Crippen LogP contribution in [-0.2, 0) is 17.9 Å². The van der Waals surface area contributed by atoms with Gasteiger partial charge in [-0.05, 0) is 19.8 Å². The number of rotatable bonds is 20. The summed E-state index contributed by atoms with van der Waals surface area (Å²) < 4.78 is 4.17. The molecule has 0 atom stereocenters. The van der Waals surface area contributed by atoms with Gasteiger partial charge in [-0.3, -0.25) is 4.79 Å². The standard InChI is InChI=1S/C25H47N2O.BrH/c1-3-4-5-6-7-8-9-10-11-12-13-14-15-16-17-18-19-20-26-21-22-27(24-26)23-25(2)28;/h21-22,24H,3-20,23H2,1-2H3;1H/q+1;. The molecule has 1 heterocycles. The van der Waals surface area contributed by atoms with Crippen molar-refractivity contribution in [2.24, 2.45) is 0 Å². The maximum absolute atomic E-state index is 11.1. The van der Waals surface area contributed by atoms with E-state index in [2.05, 4.69) is 17.7 Å². The average molecular weight is 473 g/mol. The van der Waals surface area contributed by atoms with Crippen LogP contribution in [0, 0.1) is 0 Å². The molecule has 0 amide bonds. The summed E-state index contributed by atoms with van der Waals surface area (Å²) in [6.45, 7) is 5.50. The van der Waals surface area contributed by atoms with Crippen LogP contribution in [0.3, 0.4) is 0 Å². The van der Waals surface area contributed by atoms with E-state index in [0.717, 1.165) is 6.54 Å². The molecule has 0 N–H and O–H groups in total. The van der Waals surface area contributed by atoms with Crippen molar-refractivity contribution >= 4 is 22.8 Å². The first-order chi connectivity index (χ1) is 13.7. The number of carbonyl (C=O) groups excluding carboxylic acids is 1. The van der Waals surface area contributed by atoms with Gasteiger partial charge in [-0.1, -0.05) is 103 Å². The van der Waals surface area contributed by atoms with E-state index in [0.29, 0.717) is 6.54 Å². The van der Waals surface area contributed by atoms with Gasteiger partial charge in [0.1, 0.15) is 18.9 Å². The van der Waals surface area contributed by atoms with Gasteiger partial charge < -0.3 is 0 Å². The van der Waals surface area contributed by atoms with E-state index in [-0.39, 0.29) is 22.8 Å². The number of halogens is 1. The van der Waals surface area contributed by atoms with Crippen molar-refractivity contribution in [1.82, 2.24) is 4.57 Å². The summed E-state index contributed by atoms with van der Waals surface area (Å²) >= 11 is 0. The van der Waals surface area contributed by atoms with Crippen LogP contribution >= 0.6 is 17.0 Å². The third-order valence-electron chi connectivity index (χ3n) is 5.67. The number of aryl methyl sites for hydroxylation is 1. The van der Waals surface area contributed by atoms with Crippen LogP contribution in [0.25, 0.3) is 0 Å². The lowest BCUT2D eigenvalue weighted by atomic mass is 10.0. The number of Topliss-reactive ketones (excluding diaryl/α,β-unsaturated/α-hetero) is 1. The molecule has 0 unspecified atom stereocenters. The second kappa shape index (κ2) is 20.6. The first kappa shape index (κ1) is 28.4. The molecule has 0 aromatic carbocycles. The molecule has 0 aliphatic rings. The van der Waals surface area contributed by atoms with Crippen molar-refractivity contribution in [3.63, 3.8) is 0 Å². The van der Waals surface area contributed by atoms with Gasteiger partial charge in [-0.25, -0.2) is 9.13 Å². The van der Waals surface area contributed by atoms with Crippen LogP contribution in [-0.4, -0.2) is 10.4 Å². The molecule has 1 aromatic rings. The number of unbranched alkanes of at least 4 members (excludes halogenated alkanes) is 16. The van der Waals surface area contributed by atoms with Gasteiger partial charge in [0, 0.05) is 0 Å². The number of hydrogen-bond donors (Lipinski definition) is 0. The second-order valence-electron chi connectivity index (χ2n) is 8.68. The Morgan fingerprint density at radius 1 is 0.724 bits per heavy atom. The fourth-order valence-electron chi connectivity index (χ4n) is 3.94. The minimum absolute atomic E-state index is 0. The van der Waals surface area contributed by atoms with Gasteiger partial charge >= 0.3 is 0 Å². The number of ketones is 1. The number of aromatic nitrogens is 2. The first-order valence-electron chi connectivity index (χ1n) is 12.3. The molecule has 0 saturated heterocycles. The maximum atomic E-state index is 11.1. The minimum atomic E-state index is 0. The molecule has 3 nitrogen and oxygen atoms in total. The van der Waals surface area contributed by atoms with E-state index in [4.69, 9.17) is 0 Å². The molecule has 1 aromatic heterocycles. The monoisotopic (exact) mass is 471 g/mol. The zero-order valence-electron chi connectivity index (χ0n) is 19.4. The van der Waals surface area contributed by atoms with Crippen LogP contribution in [0.2, 0.25) is 0 Å². The smallest absolute Gasteiger partial charge is 0.244 e. The molecule has 170 valence electrons. The Balaban J connectivity index is 0.00000784. The topological polar surface area (TPSA) is 25.9 Å². The second-order valence-corrected chi connectivity index (χ2v) is 8.68. The Morgan fingerprint density at radius 3 is 1.55 bits per heavy atom. The van der Waals surface area contributed by atoms with Crippen molar-refractivity contribution in [3.05, 3.63) is 18.7 Å². The SMILES string of the molecule is Br.CCCCCCCCCCCCCCCCCCCn1cc[n+](CC(C)=O)c1. The quantitative estimate of drug-likeness (QED) is 0.142. The summed E-state index contributed by atoms with van der Waals surface area (Å²) in [5, 5.41) is 0. The van der Waals surface area contributed by atoms with E-state index < -0.39 is 0 Å². The third kappa shape index (κ3) is 17.9. The highest BCUT2D eigenvalue weighted by Crippen LogP contribution is 2.14. The van der Waals surface area contributed by atoms with Crippen molar-refractivity contribution in [2.75, 3.05) is 0 Å². The van der Waals surface area contributed by atoms with Crippen molar-refractivity contribution < 1.29 is 9.36 Å². The summed E-state index contributed by atoms with van der Waals surface area (Å²) in [5.74, 6) is 0.209. The average Bonchev–Trinajstić information content (AvgIpc) is 3.10. The largest absolute Gasteiger partial charge is 0.296 e. The zero-order chi connectivity index (χ0) is 20.3. The fraction of sp³-hybridized carbons (Fsp3) is 0.840. The summed E-state index contributed by atoms with van der Waals surface area (Å²) in [6, 6.07) is 0. The molecule has 4 heteroatoms. The number of imidazole rings is 1. The first-order valence-corrected chi connectivity index (χ1v) is 12.3. The van der Waals surface area contributed by atoms with Gasteiger partial charge in [0.15, 0.2) is 5.78 Å². The maximum Gasteiger partial charge on any atom is 0.244 e. The van der Waals surface area contributed by atoms with Crippen LogP contribution in [0.15, 0.2) is 18.7 Å². The van der Waals surface area contributed by atoms with E-state index >= 15 is 0 Å². The van der Waals surface area contributed by atoms with E-state index in [1.54, 1.807) is 6.92 Å². The highest BCUT2D eigenvalue weighted by Gasteiger charge is 2.05. The van der Waals surface area contributed by atoms with Crippen LogP contribution in [0.5, 0.6) is 0 Å². The fourth-order valence-corrected chi connectivity index (χ4v) is 3.94. The van der Waals surface area contributed by atoms with Crippen molar-refractivity contribution in [3.8, 4) is 0 Å². The van der Waals surface area contributed by atoms with Gasteiger partial charge in [-0.15, -0.1) is 17.0 Å². The van der Waals surface area contributed by atoms with Gasteiger partial charge in [0.25, 0.3) is 0 Å². The molecular formula is C25H48BrN2O+. The molecule has 29 heavy (non-hydrogen) atoms. The lowest BCUT2D eigenvalue weighted by Gasteiger charge is -2.03. The lowest BCUT2D eigenvalue weighted by Crippen LogP contribution is -2.34. The third-order valence-corrected chi connectivity index (χ3v) is 5.67. The van der Waals surface area contributed by atoms with Gasteiger partial charge in [0.05, 0.1) is 6.54 Å². The Bertz CT molecular complexity index is 487. The predicted molar refractivity (Wildman–Crippen MR) is 130 cm³/mol. The van der Waals surface area contributed by atoms with E-state index in [9.17, 15) is 4.79 Å². The zero-order valence-corrected chi connectivity index (χ0v) is 21.1. The molecular weight excluding hydrogens is 424 g/mol. The van der Waals surface area contributed by atoms with Crippen molar-refractivity contribution in [1.29, 1.82) is 0 Å². The lowest BCUT2D eigenvalue weighted by molar-refractivity contribution is -0.683. The normalized spacial score (nSPS) is 10.8.